The summed E-state index contributed by atoms with van der Waals surface area (Å²) < 4.78 is 6.43. The number of hydrogen-bond acceptors (Lipinski definition) is 3. The van der Waals surface area contributed by atoms with Crippen LogP contribution in [0.4, 0.5) is 0 Å². The van der Waals surface area contributed by atoms with Gasteiger partial charge in [0.1, 0.15) is 0 Å². The maximum Gasteiger partial charge on any atom is 2.00 e. The van der Waals surface area contributed by atoms with E-state index in [2.05, 4.69) is 91.0 Å². The average Bonchev–Trinajstić information content (AvgIpc) is 3.36. The van der Waals surface area contributed by atoms with Crippen LogP contribution in [0.1, 0.15) is 22.4 Å². The van der Waals surface area contributed by atoms with Gasteiger partial charge in [-0.3, -0.25) is 9.97 Å². The molecule has 206 valence electrons. The van der Waals surface area contributed by atoms with E-state index in [0.717, 1.165) is 33.4 Å². The Bertz CT molecular complexity index is 2040. The fourth-order valence-corrected chi connectivity index (χ4v) is 6.24. The van der Waals surface area contributed by atoms with E-state index in [-0.39, 0.29) is 21.1 Å². The second-order valence-corrected chi connectivity index (χ2v) is 10.4. The molecule has 5 aromatic carbocycles. The van der Waals surface area contributed by atoms with E-state index in [9.17, 15) is 0 Å². The molecule has 0 aliphatic heterocycles. The van der Waals surface area contributed by atoms with Gasteiger partial charge in [0.25, 0.3) is 0 Å². The average molecular weight is 732 g/mol. The second kappa shape index (κ2) is 11.1. The summed E-state index contributed by atoms with van der Waals surface area (Å²) in [6.45, 7) is 0. The van der Waals surface area contributed by atoms with Crippen molar-refractivity contribution < 1.29 is 25.8 Å². The number of nitrogens with zero attached hydrogens (tertiary/aromatic N) is 2. The van der Waals surface area contributed by atoms with E-state index >= 15 is 0 Å². The molecule has 0 saturated carbocycles. The predicted octanol–water partition coefficient (Wildman–Crippen LogP) is 9.05. The molecule has 2 heterocycles. The molecule has 0 radical (unpaired) electrons. The molecule has 0 atom stereocenters. The third-order valence-corrected chi connectivity index (χ3v) is 8.04. The predicted molar refractivity (Wildman–Crippen MR) is 166 cm³/mol. The van der Waals surface area contributed by atoms with Gasteiger partial charge in [0.15, 0.2) is 0 Å². The SMILES string of the molecule is [Pt+2].[c-]1c(Oc2[c-]c(C3(c4ccccn4)c4ccccc4-c4ccccc43)ccc2)cccc1-c1ccc2ccccc2n1. The van der Waals surface area contributed by atoms with Gasteiger partial charge < -0.3 is 4.74 Å². The number of benzene rings is 5. The van der Waals surface area contributed by atoms with Crippen molar-refractivity contribution in [2.75, 3.05) is 0 Å². The van der Waals surface area contributed by atoms with Crippen molar-refractivity contribution in [3.63, 3.8) is 0 Å². The first-order valence-corrected chi connectivity index (χ1v) is 14.0. The van der Waals surface area contributed by atoms with Gasteiger partial charge in [-0.2, -0.15) is 12.1 Å². The fourth-order valence-electron chi connectivity index (χ4n) is 6.24. The molecule has 8 rings (SSSR count). The van der Waals surface area contributed by atoms with Gasteiger partial charge in [0.2, 0.25) is 0 Å². The third kappa shape index (κ3) is 4.49. The molecular weight excluding hydrogens is 708 g/mol. The molecule has 1 aliphatic carbocycles. The number of fused-ring (bicyclic) bond motifs is 4. The molecule has 4 heteroatoms. The van der Waals surface area contributed by atoms with Gasteiger partial charge >= 0.3 is 21.1 Å². The topological polar surface area (TPSA) is 35.0 Å². The molecule has 0 bridgehead atoms. The maximum atomic E-state index is 6.43. The first kappa shape index (κ1) is 27.0. The van der Waals surface area contributed by atoms with Crippen LogP contribution >= 0.6 is 0 Å². The summed E-state index contributed by atoms with van der Waals surface area (Å²) in [5.41, 5.74) is 8.77. The summed E-state index contributed by atoms with van der Waals surface area (Å²) in [6, 6.07) is 54.6. The molecule has 2 aromatic heterocycles. The number of rotatable bonds is 5. The third-order valence-electron chi connectivity index (χ3n) is 8.04. The molecule has 0 N–H and O–H groups in total. The summed E-state index contributed by atoms with van der Waals surface area (Å²) in [4.78, 5) is 9.76. The number of aromatic nitrogens is 2. The smallest absolute Gasteiger partial charge is 0.503 e. The van der Waals surface area contributed by atoms with E-state index in [0.29, 0.717) is 11.5 Å². The van der Waals surface area contributed by atoms with Gasteiger partial charge in [0.05, 0.1) is 16.6 Å². The zero-order valence-corrected chi connectivity index (χ0v) is 25.2. The van der Waals surface area contributed by atoms with Crippen LogP contribution in [0.5, 0.6) is 11.5 Å². The Kier molecular flexibility index (Phi) is 6.97. The summed E-state index contributed by atoms with van der Waals surface area (Å²) in [5, 5.41) is 1.11. The van der Waals surface area contributed by atoms with Crippen molar-refractivity contribution in [2.45, 2.75) is 5.41 Å². The van der Waals surface area contributed by atoms with Gasteiger partial charge in [-0.1, -0.05) is 91.0 Å². The van der Waals surface area contributed by atoms with Crippen molar-refractivity contribution in [1.82, 2.24) is 9.97 Å². The Morgan fingerprint density at radius 1 is 0.558 bits per heavy atom. The first-order valence-electron chi connectivity index (χ1n) is 14.0. The molecule has 3 nitrogen and oxygen atoms in total. The Morgan fingerprint density at radius 2 is 1.23 bits per heavy atom. The number of ether oxygens (including phenoxy) is 1. The Labute approximate surface area is 265 Å². The van der Waals surface area contributed by atoms with E-state index < -0.39 is 5.41 Å². The van der Waals surface area contributed by atoms with Crippen LogP contribution in [-0.2, 0) is 26.5 Å². The van der Waals surface area contributed by atoms with Crippen molar-refractivity contribution in [3.05, 3.63) is 180 Å². The van der Waals surface area contributed by atoms with E-state index in [4.69, 9.17) is 14.7 Å². The molecule has 0 saturated heterocycles. The molecule has 0 spiro atoms. The van der Waals surface area contributed by atoms with Crippen molar-refractivity contribution in [1.29, 1.82) is 0 Å². The largest absolute Gasteiger partial charge is 2.00 e. The second-order valence-electron chi connectivity index (χ2n) is 10.4. The normalized spacial score (nSPS) is 12.7. The Morgan fingerprint density at radius 3 is 2.00 bits per heavy atom. The minimum absolute atomic E-state index is 0. The zero-order valence-electron chi connectivity index (χ0n) is 23.0. The summed E-state index contributed by atoms with van der Waals surface area (Å²) in [5.74, 6) is 1.22. The minimum atomic E-state index is -0.631. The van der Waals surface area contributed by atoms with Crippen LogP contribution in [0.15, 0.2) is 146 Å². The molecule has 0 amide bonds. The number of hydrogen-bond donors (Lipinski definition) is 0. The number of para-hydroxylation sites is 1. The molecule has 43 heavy (non-hydrogen) atoms. The van der Waals surface area contributed by atoms with Crippen LogP contribution in [0.3, 0.4) is 0 Å². The van der Waals surface area contributed by atoms with Gasteiger partial charge in [-0.15, -0.1) is 41.5 Å². The first-order chi connectivity index (χ1) is 20.8. The summed E-state index contributed by atoms with van der Waals surface area (Å²) >= 11 is 0. The fraction of sp³-hybridized carbons (Fsp3) is 0.0256. The number of pyridine rings is 2. The standard InChI is InChI=1S/C39H24N2O.Pt/c1-6-20-36-27(11-1)22-23-37(41-36)28-12-9-14-30(25-28)42-31-15-10-13-29(26-31)39(38-21-7-8-24-40-38)34-18-4-2-16-32(34)33-17-3-5-19-35(33)39;/h1-24H;/q-2;+2. The van der Waals surface area contributed by atoms with E-state index in [1.165, 1.54) is 22.3 Å². The van der Waals surface area contributed by atoms with Crippen LogP contribution in [0.2, 0.25) is 0 Å². The van der Waals surface area contributed by atoms with Crippen LogP contribution in [-0.4, -0.2) is 9.97 Å². The van der Waals surface area contributed by atoms with Gasteiger partial charge in [-0.25, -0.2) is 0 Å². The quantitative estimate of drug-likeness (QED) is 0.166. The molecule has 7 aromatic rings. The zero-order chi connectivity index (χ0) is 27.9. The van der Waals surface area contributed by atoms with Gasteiger partial charge in [-0.05, 0) is 51.5 Å². The van der Waals surface area contributed by atoms with Crippen molar-refractivity contribution >= 4 is 10.9 Å². The van der Waals surface area contributed by atoms with Crippen LogP contribution < -0.4 is 4.74 Å². The van der Waals surface area contributed by atoms with Crippen molar-refractivity contribution in [2.24, 2.45) is 0 Å². The molecular formula is C39H24N2OPt. The minimum Gasteiger partial charge on any atom is -0.503 e. The summed E-state index contributed by atoms with van der Waals surface area (Å²) in [6.07, 6.45) is 1.86. The molecule has 1 aliphatic rings. The Hall–Kier alpha value is -4.85. The molecule has 0 unspecified atom stereocenters. The molecule has 0 fully saturated rings. The van der Waals surface area contributed by atoms with Crippen LogP contribution in [0.25, 0.3) is 33.3 Å². The Balaban J connectivity index is 0.00000300. The van der Waals surface area contributed by atoms with Crippen molar-refractivity contribution in [3.8, 4) is 33.9 Å². The van der Waals surface area contributed by atoms with E-state index in [1.54, 1.807) is 0 Å². The van der Waals surface area contributed by atoms with E-state index in [1.807, 2.05) is 66.9 Å². The van der Waals surface area contributed by atoms with Crippen LogP contribution in [0, 0.1) is 12.1 Å². The van der Waals surface area contributed by atoms with Gasteiger partial charge in [0, 0.05) is 17.7 Å². The monoisotopic (exact) mass is 731 g/mol. The maximum absolute atomic E-state index is 6.43. The summed E-state index contributed by atoms with van der Waals surface area (Å²) in [7, 11) is 0.